The van der Waals surface area contributed by atoms with Gasteiger partial charge < -0.3 is 15.7 Å². The fourth-order valence-corrected chi connectivity index (χ4v) is 1.23. The summed E-state index contributed by atoms with van der Waals surface area (Å²) in [6, 6.07) is 1.20. The third-order valence-corrected chi connectivity index (χ3v) is 2.13. The Balaban J connectivity index is 4.12. The number of carbonyl (C=O) groups excluding carboxylic acids is 1. The molecule has 0 aliphatic heterocycles. The number of rotatable bonds is 6. The van der Waals surface area contributed by atoms with Crippen molar-refractivity contribution in [2.75, 3.05) is 13.6 Å². The molecule has 0 saturated carbocycles. The molecule has 6 nitrogen and oxygen atoms in total. The van der Waals surface area contributed by atoms with Gasteiger partial charge in [0, 0.05) is 20.0 Å². The Morgan fingerprint density at radius 2 is 2.12 bits per heavy atom. The lowest BCUT2D eigenvalue weighted by atomic mass is 10.1. The van der Waals surface area contributed by atoms with Crippen LogP contribution in [0.3, 0.4) is 0 Å². The minimum Gasteiger partial charge on any atom is -0.481 e. The summed E-state index contributed by atoms with van der Waals surface area (Å²) in [7, 11) is 1.55. The smallest absolute Gasteiger partial charge is 0.303 e. The number of hydrogen-bond acceptors (Lipinski definition) is 4. The first-order chi connectivity index (χ1) is 7.38. The zero-order valence-electron chi connectivity index (χ0n) is 9.51. The molecule has 0 aliphatic rings. The second kappa shape index (κ2) is 6.80. The molecule has 6 heteroatoms. The Morgan fingerprint density at radius 1 is 1.56 bits per heavy atom. The second-order valence-electron chi connectivity index (χ2n) is 3.79. The molecule has 0 rings (SSSR count). The lowest BCUT2D eigenvalue weighted by Crippen LogP contribution is -2.43. The molecule has 2 atom stereocenters. The predicted octanol–water partition coefficient (Wildman–Crippen LogP) is -0.203. The van der Waals surface area contributed by atoms with Crippen molar-refractivity contribution in [2.24, 2.45) is 11.7 Å². The highest BCUT2D eigenvalue weighted by molar-refractivity contribution is 5.82. The molecule has 0 radical (unpaired) electrons. The van der Waals surface area contributed by atoms with Gasteiger partial charge in [0.25, 0.3) is 0 Å². The van der Waals surface area contributed by atoms with Crippen LogP contribution in [-0.2, 0) is 9.59 Å². The molecule has 90 valence electrons. The SMILES string of the molecule is CC(C#N)CN(C)C(=O)C(N)CCC(=O)O. The van der Waals surface area contributed by atoms with Crippen molar-refractivity contribution in [1.82, 2.24) is 4.90 Å². The van der Waals surface area contributed by atoms with Gasteiger partial charge in [-0.2, -0.15) is 5.26 Å². The normalized spacial score (nSPS) is 13.6. The Bertz CT molecular complexity index is 298. The van der Waals surface area contributed by atoms with Gasteiger partial charge in [-0.25, -0.2) is 0 Å². The number of likely N-dealkylation sites (N-methyl/N-ethyl adjacent to an activating group) is 1. The highest BCUT2D eigenvalue weighted by atomic mass is 16.4. The monoisotopic (exact) mass is 227 g/mol. The fraction of sp³-hybridized carbons (Fsp3) is 0.700. The largest absolute Gasteiger partial charge is 0.481 e. The van der Waals surface area contributed by atoms with E-state index in [-0.39, 0.29) is 24.7 Å². The minimum absolute atomic E-state index is 0.111. The number of nitrogens with two attached hydrogens (primary N) is 1. The lowest BCUT2D eigenvalue weighted by Gasteiger charge is -2.21. The zero-order valence-corrected chi connectivity index (χ0v) is 9.51. The van der Waals surface area contributed by atoms with Gasteiger partial charge in [0.05, 0.1) is 18.0 Å². The van der Waals surface area contributed by atoms with Gasteiger partial charge in [0.2, 0.25) is 5.91 Å². The van der Waals surface area contributed by atoms with Crippen LogP contribution in [0.5, 0.6) is 0 Å². The Labute approximate surface area is 94.6 Å². The lowest BCUT2D eigenvalue weighted by molar-refractivity contribution is -0.137. The summed E-state index contributed by atoms with van der Waals surface area (Å²) in [5.74, 6) is -1.57. The molecule has 1 amide bonds. The van der Waals surface area contributed by atoms with E-state index in [1.807, 2.05) is 6.07 Å². The van der Waals surface area contributed by atoms with E-state index in [1.165, 1.54) is 4.90 Å². The molecule has 0 aromatic carbocycles. The van der Waals surface area contributed by atoms with E-state index in [4.69, 9.17) is 16.1 Å². The summed E-state index contributed by atoms with van der Waals surface area (Å²) in [5, 5.41) is 17.0. The maximum Gasteiger partial charge on any atom is 0.303 e. The van der Waals surface area contributed by atoms with Crippen molar-refractivity contribution in [3.63, 3.8) is 0 Å². The fourth-order valence-electron chi connectivity index (χ4n) is 1.23. The second-order valence-corrected chi connectivity index (χ2v) is 3.79. The summed E-state index contributed by atoms with van der Waals surface area (Å²) in [4.78, 5) is 23.3. The van der Waals surface area contributed by atoms with Crippen molar-refractivity contribution in [2.45, 2.75) is 25.8 Å². The van der Waals surface area contributed by atoms with Crippen molar-refractivity contribution in [3.8, 4) is 6.07 Å². The number of nitrogens with zero attached hydrogens (tertiary/aromatic N) is 2. The molecule has 0 aromatic heterocycles. The van der Waals surface area contributed by atoms with Crippen LogP contribution in [0.1, 0.15) is 19.8 Å². The maximum atomic E-state index is 11.6. The van der Waals surface area contributed by atoms with E-state index in [0.29, 0.717) is 6.54 Å². The summed E-state index contributed by atoms with van der Waals surface area (Å²) in [5.41, 5.74) is 5.55. The number of hydrogen-bond donors (Lipinski definition) is 2. The van der Waals surface area contributed by atoms with E-state index in [0.717, 1.165) is 0 Å². The van der Waals surface area contributed by atoms with E-state index < -0.39 is 12.0 Å². The van der Waals surface area contributed by atoms with Gasteiger partial charge in [-0.1, -0.05) is 0 Å². The van der Waals surface area contributed by atoms with Gasteiger partial charge in [0.1, 0.15) is 0 Å². The Hall–Kier alpha value is -1.61. The first-order valence-electron chi connectivity index (χ1n) is 5.00. The molecule has 16 heavy (non-hydrogen) atoms. The standard InChI is InChI=1S/C10H17N3O3/c1-7(5-11)6-13(2)10(16)8(12)3-4-9(14)15/h7-8H,3-4,6,12H2,1-2H3,(H,14,15). The molecule has 0 heterocycles. The van der Waals surface area contributed by atoms with Crippen LogP contribution in [0.2, 0.25) is 0 Å². The number of aliphatic carboxylic acids is 1. The molecule has 0 spiro atoms. The first-order valence-corrected chi connectivity index (χ1v) is 5.00. The topological polar surface area (TPSA) is 107 Å². The highest BCUT2D eigenvalue weighted by Crippen LogP contribution is 2.02. The number of carboxylic acids is 1. The van der Waals surface area contributed by atoms with Crippen LogP contribution in [0.15, 0.2) is 0 Å². The summed E-state index contributed by atoms with van der Waals surface area (Å²) in [6.07, 6.45) is -0.0198. The van der Waals surface area contributed by atoms with Crippen molar-refractivity contribution < 1.29 is 14.7 Å². The van der Waals surface area contributed by atoms with E-state index >= 15 is 0 Å². The van der Waals surface area contributed by atoms with Crippen molar-refractivity contribution in [3.05, 3.63) is 0 Å². The van der Waals surface area contributed by atoms with Gasteiger partial charge in [-0.3, -0.25) is 9.59 Å². The van der Waals surface area contributed by atoms with Crippen LogP contribution in [-0.4, -0.2) is 41.5 Å². The summed E-state index contributed by atoms with van der Waals surface area (Å²) < 4.78 is 0. The molecular weight excluding hydrogens is 210 g/mol. The molecule has 3 N–H and O–H groups in total. The molecule has 0 fully saturated rings. The average molecular weight is 227 g/mol. The molecule has 0 aromatic rings. The summed E-state index contributed by atoms with van der Waals surface area (Å²) >= 11 is 0. The van der Waals surface area contributed by atoms with Gasteiger partial charge in [-0.05, 0) is 13.3 Å². The van der Waals surface area contributed by atoms with Crippen LogP contribution in [0.4, 0.5) is 0 Å². The van der Waals surface area contributed by atoms with Gasteiger partial charge >= 0.3 is 5.97 Å². The van der Waals surface area contributed by atoms with Gasteiger partial charge in [-0.15, -0.1) is 0 Å². The van der Waals surface area contributed by atoms with Crippen LogP contribution in [0.25, 0.3) is 0 Å². The minimum atomic E-state index is -0.976. The van der Waals surface area contributed by atoms with Crippen molar-refractivity contribution in [1.29, 1.82) is 5.26 Å². The zero-order chi connectivity index (χ0) is 12.7. The number of carbonyl (C=O) groups is 2. The average Bonchev–Trinajstić information content (AvgIpc) is 2.24. The number of amides is 1. The Morgan fingerprint density at radius 3 is 2.56 bits per heavy atom. The third kappa shape index (κ3) is 5.32. The molecule has 0 aliphatic carbocycles. The molecule has 0 bridgehead atoms. The third-order valence-electron chi connectivity index (χ3n) is 2.13. The van der Waals surface area contributed by atoms with E-state index in [2.05, 4.69) is 0 Å². The van der Waals surface area contributed by atoms with Crippen molar-refractivity contribution >= 4 is 11.9 Å². The highest BCUT2D eigenvalue weighted by Gasteiger charge is 2.19. The van der Waals surface area contributed by atoms with Gasteiger partial charge in [0.15, 0.2) is 0 Å². The van der Waals surface area contributed by atoms with E-state index in [1.54, 1.807) is 14.0 Å². The quantitative estimate of drug-likeness (QED) is 0.653. The first kappa shape index (κ1) is 14.4. The maximum absolute atomic E-state index is 11.6. The van der Waals surface area contributed by atoms with Crippen LogP contribution >= 0.6 is 0 Å². The molecular formula is C10H17N3O3. The predicted molar refractivity (Wildman–Crippen MR) is 57.3 cm³/mol. The Kier molecular flexibility index (Phi) is 6.11. The number of carboxylic acid groups (broad SMARTS) is 1. The number of nitriles is 1. The summed E-state index contributed by atoms with van der Waals surface area (Å²) in [6.45, 7) is 2.00. The molecule has 2 unspecified atom stereocenters. The van der Waals surface area contributed by atoms with Crippen LogP contribution in [0, 0.1) is 17.2 Å². The van der Waals surface area contributed by atoms with Crippen LogP contribution < -0.4 is 5.73 Å². The molecule has 0 saturated heterocycles. The van der Waals surface area contributed by atoms with E-state index in [9.17, 15) is 9.59 Å².